The second-order valence-electron chi connectivity index (χ2n) is 3.49. The van der Waals surface area contributed by atoms with Gasteiger partial charge < -0.3 is 4.74 Å². The molecule has 0 atom stereocenters. The Morgan fingerprint density at radius 2 is 2.47 bits per heavy atom. The number of hydrogen-bond donors (Lipinski definition) is 0. The molecule has 3 nitrogen and oxygen atoms in total. The van der Waals surface area contributed by atoms with Crippen LogP contribution in [0.5, 0.6) is 0 Å². The van der Waals surface area contributed by atoms with E-state index in [4.69, 9.17) is 4.74 Å². The zero-order chi connectivity index (χ0) is 12.7. The van der Waals surface area contributed by atoms with Crippen LogP contribution >= 0.6 is 27.3 Å². The molecule has 0 fully saturated rings. The van der Waals surface area contributed by atoms with Crippen LogP contribution in [0.4, 0.5) is 0 Å². The Morgan fingerprint density at radius 1 is 1.71 bits per heavy atom. The smallest absolute Gasteiger partial charge is 0.320 e. The summed E-state index contributed by atoms with van der Waals surface area (Å²) in [5, 5.41) is 2.03. The molecule has 0 N–H and O–H groups in total. The van der Waals surface area contributed by atoms with Crippen molar-refractivity contribution in [3.8, 4) is 0 Å². The summed E-state index contributed by atoms with van der Waals surface area (Å²) in [7, 11) is 0. The number of hydrogen-bond acceptors (Lipinski definition) is 4. The van der Waals surface area contributed by atoms with Crippen LogP contribution in [-0.2, 0) is 16.1 Å². The number of rotatable bonds is 7. The van der Waals surface area contributed by atoms with Crippen LogP contribution in [0, 0.1) is 0 Å². The topological polar surface area (TPSA) is 29.5 Å². The Morgan fingerprint density at radius 3 is 3.00 bits per heavy atom. The van der Waals surface area contributed by atoms with Crippen molar-refractivity contribution in [2.45, 2.75) is 13.5 Å². The molecular formula is C12H16BrNO2S. The zero-order valence-corrected chi connectivity index (χ0v) is 12.2. The first-order valence-electron chi connectivity index (χ1n) is 5.37. The molecule has 94 valence electrons. The largest absolute Gasteiger partial charge is 0.465 e. The van der Waals surface area contributed by atoms with Crippen molar-refractivity contribution in [1.82, 2.24) is 4.90 Å². The van der Waals surface area contributed by atoms with E-state index in [9.17, 15) is 4.79 Å². The number of esters is 1. The molecule has 1 heterocycles. The number of halogens is 1. The van der Waals surface area contributed by atoms with E-state index in [1.165, 1.54) is 4.88 Å². The van der Waals surface area contributed by atoms with Gasteiger partial charge in [-0.15, -0.1) is 17.9 Å². The molecule has 0 aromatic carbocycles. The summed E-state index contributed by atoms with van der Waals surface area (Å²) < 4.78 is 6.02. The van der Waals surface area contributed by atoms with E-state index in [-0.39, 0.29) is 5.97 Å². The molecule has 0 saturated heterocycles. The maximum absolute atomic E-state index is 11.4. The molecule has 1 aromatic rings. The minimum atomic E-state index is -0.190. The van der Waals surface area contributed by atoms with Crippen LogP contribution in [0.25, 0.3) is 0 Å². The Balaban J connectivity index is 2.53. The predicted octanol–water partition coefficient (Wildman–Crippen LogP) is 3.06. The molecule has 0 aliphatic heterocycles. The molecule has 0 aliphatic rings. The summed E-state index contributed by atoms with van der Waals surface area (Å²) in [6.45, 7) is 7.65. The molecule has 5 heteroatoms. The number of ether oxygens (including phenoxy) is 1. The quantitative estimate of drug-likeness (QED) is 0.572. The highest BCUT2D eigenvalue weighted by molar-refractivity contribution is 9.10. The van der Waals surface area contributed by atoms with Gasteiger partial charge in [0.2, 0.25) is 0 Å². The van der Waals surface area contributed by atoms with E-state index in [0.717, 1.165) is 11.0 Å². The van der Waals surface area contributed by atoms with Gasteiger partial charge in [0, 0.05) is 27.8 Å². The molecule has 0 saturated carbocycles. The van der Waals surface area contributed by atoms with Gasteiger partial charge in [-0.25, -0.2) is 0 Å². The number of nitrogens with zero attached hydrogens (tertiary/aromatic N) is 1. The summed E-state index contributed by atoms with van der Waals surface area (Å²) in [5.41, 5.74) is 0. The third-order valence-electron chi connectivity index (χ3n) is 2.05. The summed E-state index contributed by atoms with van der Waals surface area (Å²) in [6.07, 6.45) is 1.79. The summed E-state index contributed by atoms with van der Waals surface area (Å²) in [5.74, 6) is -0.190. The molecule has 0 spiro atoms. The highest BCUT2D eigenvalue weighted by Gasteiger charge is 2.11. The SMILES string of the molecule is C=CCN(CC(=O)OCC)Cc1cc(Br)cs1. The van der Waals surface area contributed by atoms with Crippen LogP contribution in [0.2, 0.25) is 0 Å². The van der Waals surface area contributed by atoms with E-state index >= 15 is 0 Å². The molecule has 17 heavy (non-hydrogen) atoms. The molecular weight excluding hydrogens is 302 g/mol. The lowest BCUT2D eigenvalue weighted by Gasteiger charge is -2.18. The molecule has 1 rings (SSSR count). The zero-order valence-electron chi connectivity index (χ0n) is 9.82. The lowest BCUT2D eigenvalue weighted by atomic mass is 10.4. The minimum Gasteiger partial charge on any atom is -0.465 e. The van der Waals surface area contributed by atoms with Crippen LogP contribution < -0.4 is 0 Å². The monoisotopic (exact) mass is 317 g/mol. The van der Waals surface area contributed by atoms with E-state index < -0.39 is 0 Å². The van der Waals surface area contributed by atoms with Crippen molar-refractivity contribution in [3.05, 3.63) is 33.5 Å². The van der Waals surface area contributed by atoms with Gasteiger partial charge >= 0.3 is 5.97 Å². The Kier molecular flexibility index (Phi) is 6.47. The maximum atomic E-state index is 11.4. The standard InChI is InChI=1S/C12H16BrNO2S/c1-3-5-14(8-12(15)16-4-2)7-11-6-10(13)9-17-11/h3,6,9H,1,4-5,7-8H2,2H3. The van der Waals surface area contributed by atoms with Crippen LogP contribution in [0.15, 0.2) is 28.6 Å². The van der Waals surface area contributed by atoms with Gasteiger partial charge in [-0.2, -0.15) is 0 Å². The normalized spacial score (nSPS) is 10.5. The number of carbonyl (C=O) groups is 1. The summed E-state index contributed by atoms with van der Waals surface area (Å²) in [4.78, 5) is 14.6. The van der Waals surface area contributed by atoms with Gasteiger partial charge in [0.1, 0.15) is 0 Å². The second-order valence-corrected chi connectivity index (χ2v) is 5.41. The number of carbonyl (C=O) groups excluding carboxylic acids is 1. The van der Waals surface area contributed by atoms with Gasteiger partial charge in [-0.1, -0.05) is 6.08 Å². The van der Waals surface area contributed by atoms with Crippen molar-refractivity contribution in [1.29, 1.82) is 0 Å². The minimum absolute atomic E-state index is 0.190. The van der Waals surface area contributed by atoms with Gasteiger partial charge in [0.15, 0.2) is 0 Å². The van der Waals surface area contributed by atoms with E-state index in [2.05, 4.69) is 28.6 Å². The number of thiophene rings is 1. The first-order chi connectivity index (χ1) is 8.15. The van der Waals surface area contributed by atoms with Gasteiger partial charge in [-0.3, -0.25) is 9.69 Å². The third-order valence-corrected chi connectivity index (χ3v) is 3.73. The summed E-state index contributed by atoms with van der Waals surface area (Å²) in [6, 6.07) is 2.06. The predicted molar refractivity (Wildman–Crippen MR) is 74.1 cm³/mol. The fraction of sp³-hybridized carbons (Fsp3) is 0.417. The van der Waals surface area contributed by atoms with Gasteiger partial charge in [0.05, 0.1) is 13.2 Å². The maximum Gasteiger partial charge on any atom is 0.320 e. The highest BCUT2D eigenvalue weighted by atomic mass is 79.9. The van der Waals surface area contributed by atoms with Crippen LogP contribution in [0.3, 0.4) is 0 Å². The molecule has 0 unspecified atom stereocenters. The summed E-state index contributed by atoms with van der Waals surface area (Å²) >= 11 is 5.09. The molecule has 0 bridgehead atoms. The van der Waals surface area contributed by atoms with Crippen molar-refractivity contribution in [3.63, 3.8) is 0 Å². The highest BCUT2D eigenvalue weighted by Crippen LogP contribution is 2.21. The lowest BCUT2D eigenvalue weighted by Crippen LogP contribution is -2.30. The Bertz CT molecular complexity index is 378. The van der Waals surface area contributed by atoms with Crippen molar-refractivity contribution in [2.75, 3.05) is 19.7 Å². The first kappa shape index (κ1) is 14.4. The molecule has 0 aliphatic carbocycles. The first-order valence-corrected chi connectivity index (χ1v) is 7.04. The Labute approximate surface area is 114 Å². The van der Waals surface area contributed by atoms with Crippen LogP contribution in [0.1, 0.15) is 11.8 Å². The average molecular weight is 318 g/mol. The lowest BCUT2D eigenvalue weighted by molar-refractivity contribution is -0.144. The van der Waals surface area contributed by atoms with Crippen molar-refractivity contribution < 1.29 is 9.53 Å². The molecule has 0 radical (unpaired) electrons. The van der Waals surface area contributed by atoms with E-state index in [0.29, 0.717) is 19.7 Å². The van der Waals surface area contributed by atoms with Crippen molar-refractivity contribution >= 4 is 33.2 Å². The third kappa shape index (κ3) is 5.48. The van der Waals surface area contributed by atoms with Gasteiger partial charge in [0.25, 0.3) is 0 Å². The molecule has 1 aromatic heterocycles. The fourth-order valence-corrected chi connectivity index (χ4v) is 2.91. The van der Waals surface area contributed by atoms with E-state index in [1.54, 1.807) is 17.4 Å². The van der Waals surface area contributed by atoms with Crippen molar-refractivity contribution in [2.24, 2.45) is 0 Å². The Hall–Kier alpha value is -0.650. The average Bonchev–Trinajstić information content (AvgIpc) is 2.64. The van der Waals surface area contributed by atoms with Gasteiger partial charge in [-0.05, 0) is 28.9 Å². The van der Waals surface area contributed by atoms with Crippen LogP contribution in [-0.4, -0.2) is 30.6 Å². The molecule has 0 amide bonds. The second kappa shape index (κ2) is 7.63. The van der Waals surface area contributed by atoms with E-state index in [1.807, 2.05) is 17.2 Å². The fourth-order valence-electron chi connectivity index (χ4n) is 1.41.